The minimum atomic E-state index is -1.21. The van der Waals surface area contributed by atoms with E-state index in [0.717, 1.165) is 5.56 Å². The maximum absolute atomic E-state index is 13.1. The first-order chi connectivity index (χ1) is 16.2. The average Bonchev–Trinajstić information content (AvgIpc) is 3.31. The Balaban J connectivity index is 2.15. The molecule has 1 aromatic heterocycles. The number of hydrogen-bond donors (Lipinski definition) is 6. The second-order valence-corrected chi connectivity index (χ2v) is 8.39. The van der Waals surface area contributed by atoms with Gasteiger partial charge in [0.25, 0.3) is 0 Å². The van der Waals surface area contributed by atoms with Gasteiger partial charge in [0.15, 0.2) is 0 Å². The molecule has 0 bridgehead atoms. The standard InChI is InChI=1S/C23H32N6O5/c1-14(2)8-17(21(31)29-19(23(33)34)10-16-12-25-13-26-16)28-22(32)18(27-20(30)11-24)9-15-6-4-3-5-7-15/h3-7,12-14,17-19H,8-11,24H2,1-2H3,(H,25,26)(H,27,30)(H,28,32)(H,29,31)(H,33,34). The number of nitrogens with two attached hydrogens (primary N) is 1. The Hall–Kier alpha value is -3.73. The largest absolute Gasteiger partial charge is 0.480 e. The van der Waals surface area contributed by atoms with Crippen molar-refractivity contribution in [1.29, 1.82) is 0 Å². The minimum Gasteiger partial charge on any atom is -0.480 e. The second kappa shape index (κ2) is 13.1. The molecule has 1 aromatic carbocycles. The molecule has 0 saturated carbocycles. The van der Waals surface area contributed by atoms with Gasteiger partial charge < -0.3 is 31.8 Å². The van der Waals surface area contributed by atoms with E-state index >= 15 is 0 Å². The van der Waals surface area contributed by atoms with Crippen LogP contribution >= 0.6 is 0 Å². The van der Waals surface area contributed by atoms with Gasteiger partial charge in [0.1, 0.15) is 18.1 Å². The molecule has 1 heterocycles. The lowest BCUT2D eigenvalue weighted by molar-refractivity contribution is -0.142. The summed E-state index contributed by atoms with van der Waals surface area (Å²) < 4.78 is 0. The summed E-state index contributed by atoms with van der Waals surface area (Å²) in [5.74, 6) is -2.89. The van der Waals surface area contributed by atoms with Crippen molar-refractivity contribution in [1.82, 2.24) is 25.9 Å². The number of carboxylic acids is 1. The number of imidazole rings is 1. The molecule has 184 valence electrons. The lowest BCUT2D eigenvalue weighted by atomic mass is 10.0. The molecule has 0 aliphatic carbocycles. The van der Waals surface area contributed by atoms with E-state index in [4.69, 9.17) is 5.73 Å². The Labute approximate surface area is 197 Å². The molecule has 0 fully saturated rings. The molecule has 2 aromatic rings. The average molecular weight is 473 g/mol. The smallest absolute Gasteiger partial charge is 0.326 e. The van der Waals surface area contributed by atoms with E-state index in [1.807, 2.05) is 44.2 Å². The fourth-order valence-corrected chi connectivity index (χ4v) is 3.38. The second-order valence-electron chi connectivity index (χ2n) is 8.39. The van der Waals surface area contributed by atoms with E-state index in [1.54, 1.807) is 0 Å². The highest BCUT2D eigenvalue weighted by Crippen LogP contribution is 2.09. The van der Waals surface area contributed by atoms with Gasteiger partial charge in [-0.3, -0.25) is 14.4 Å². The van der Waals surface area contributed by atoms with Gasteiger partial charge in [0.2, 0.25) is 17.7 Å². The summed E-state index contributed by atoms with van der Waals surface area (Å²) in [5.41, 5.74) is 6.76. The Morgan fingerprint density at radius 3 is 2.18 bits per heavy atom. The summed E-state index contributed by atoms with van der Waals surface area (Å²) in [7, 11) is 0. The van der Waals surface area contributed by atoms with Gasteiger partial charge >= 0.3 is 5.97 Å². The predicted molar refractivity (Wildman–Crippen MR) is 124 cm³/mol. The number of hydrogen-bond acceptors (Lipinski definition) is 6. The van der Waals surface area contributed by atoms with Crippen LogP contribution in [0.1, 0.15) is 31.5 Å². The van der Waals surface area contributed by atoms with Crippen LogP contribution in [0.5, 0.6) is 0 Å². The zero-order valence-electron chi connectivity index (χ0n) is 19.3. The third-order valence-corrected chi connectivity index (χ3v) is 5.05. The summed E-state index contributed by atoms with van der Waals surface area (Å²) in [6, 6.07) is 5.94. The van der Waals surface area contributed by atoms with Gasteiger partial charge in [-0.25, -0.2) is 9.78 Å². The van der Waals surface area contributed by atoms with Crippen LogP contribution in [0.3, 0.4) is 0 Å². The summed E-state index contributed by atoms with van der Waals surface area (Å²) in [6.45, 7) is 3.47. The van der Waals surface area contributed by atoms with Crippen molar-refractivity contribution >= 4 is 23.7 Å². The SMILES string of the molecule is CC(C)CC(NC(=O)C(Cc1ccccc1)NC(=O)CN)C(=O)NC(Cc1cnc[nH]1)C(=O)O. The van der Waals surface area contributed by atoms with Gasteiger partial charge in [-0.15, -0.1) is 0 Å². The summed E-state index contributed by atoms with van der Waals surface area (Å²) in [6.07, 6.45) is 3.37. The topological polar surface area (TPSA) is 179 Å². The first kappa shape index (κ1) is 26.5. The molecule has 0 saturated heterocycles. The number of nitrogens with zero attached hydrogens (tertiary/aromatic N) is 1. The summed E-state index contributed by atoms with van der Waals surface area (Å²) >= 11 is 0. The molecular formula is C23H32N6O5. The number of aliphatic carboxylic acids is 1. The number of carboxylic acid groups (broad SMARTS) is 1. The molecule has 0 aliphatic rings. The number of nitrogens with one attached hydrogen (secondary N) is 4. The lowest BCUT2D eigenvalue weighted by Gasteiger charge is -2.25. The normalized spacial score (nSPS) is 13.5. The molecule has 3 unspecified atom stereocenters. The maximum Gasteiger partial charge on any atom is 0.326 e. The van der Waals surface area contributed by atoms with Crippen LogP contribution in [0.2, 0.25) is 0 Å². The van der Waals surface area contributed by atoms with Crippen LogP contribution < -0.4 is 21.7 Å². The number of H-pyrrole nitrogens is 1. The highest BCUT2D eigenvalue weighted by atomic mass is 16.4. The Morgan fingerprint density at radius 2 is 1.62 bits per heavy atom. The number of benzene rings is 1. The van der Waals surface area contributed by atoms with Crippen molar-refractivity contribution in [3.63, 3.8) is 0 Å². The highest BCUT2D eigenvalue weighted by molar-refractivity contribution is 5.93. The number of aromatic nitrogens is 2. The quantitative estimate of drug-likeness (QED) is 0.232. The molecule has 0 aliphatic heterocycles. The zero-order chi connectivity index (χ0) is 25.1. The highest BCUT2D eigenvalue weighted by Gasteiger charge is 2.30. The fraction of sp³-hybridized carbons (Fsp3) is 0.435. The van der Waals surface area contributed by atoms with Crippen molar-refractivity contribution in [2.45, 2.75) is 51.2 Å². The minimum absolute atomic E-state index is 0.00656. The van der Waals surface area contributed by atoms with E-state index < -0.39 is 41.8 Å². The van der Waals surface area contributed by atoms with Gasteiger partial charge in [-0.2, -0.15) is 0 Å². The molecule has 7 N–H and O–H groups in total. The van der Waals surface area contributed by atoms with Crippen LogP contribution in [0.15, 0.2) is 42.9 Å². The molecule has 11 heteroatoms. The number of carbonyl (C=O) groups is 4. The third kappa shape index (κ3) is 8.66. The predicted octanol–water partition coefficient (Wildman–Crippen LogP) is -0.261. The van der Waals surface area contributed by atoms with Crippen molar-refractivity contribution < 1.29 is 24.3 Å². The molecule has 0 spiro atoms. The zero-order valence-corrected chi connectivity index (χ0v) is 19.3. The van der Waals surface area contributed by atoms with E-state index in [0.29, 0.717) is 5.69 Å². The summed E-state index contributed by atoms with van der Waals surface area (Å²) in [4.78, 5) is 56.4. The molecule has 3 atom stereocenters. The Kier molecular flexibility index (Phi) is 10.2. The molecule has 11 nitrogen and oxygen atoms in total. The Morgan fingerprint density at radius 1 is 0.971 bits per heavy atom. The van der Waals surface area contributed by atoms with Gasteiger partial charge in [0.05, 0.1) is 12.9 Å². The van der Waals surface area contributed by atoms with Gasteiger partial charge in [-0.1, -0.05) is 44.2 Å². The van der Waals surface area contributed by atoms with Gasteiger partial charge in [-0.05, 0) is 17.9 Å². The van der Waals surface area contributed by atoms with Gasteiger partial charge in [0, 0.05) is 24.7 Å². The number of aromatic amines is 1. The molecule has 2 rings (SSSR count). The Bertz CT molecular complexity index is 948. The van der Waals surface area contributed by atoms with E-state index in [1.165, 1.54) is 12.5 Å². The fourth-order valence-electron chi connectivity index (χ4n) is 3.38. The molecule has 34 heavy (non-hydrogen) atoms. The molecule has 3 amide bonds. The van der Waals surface area contributed by atoms with Crippen LogP contribution in [-0.4, -0.2) is 63.4 Å². The van der Waals surface area contributed by atoms with Crippen molar-refractivity contribution in [3.8, 4) is 0 Å². The monoisotopic (exact) mass is 472 g/mol. The van der Waals surface area contributed by atoms with Crippen LogP contribution in [0.4, 0.5) is 0 Å². The van der Waals surface area contributed by atoms with E-state index in [-0.39, 0.29) is 31.7 Å². The van der Waals surface area contributed by atoms with Crippen molar-refractivity contribution in [2.75, 3.05) is 6.54 Å². The van der Waals surface area contributed by atoms with Crippen LogP contribution in [-0.2, 0) is 32.0 Å². The first-order valence-corrected chi connectivity index (χ1v) is 11.0. The number of rotatable bonds is 13. The van der Waals surface area contributed by atoms with Crippen molar-refractivity contribution in [2.24, 2.45) is 11.7 Å². The van der Waals surface area contributed by atoms with Crippen LogP contribution in [0.25, 0.3) is 0 Å². The van der Waals surface area contributed by atoms with E-state index in [2.05, 4.69) is 25.9 Å². The lowest BCUT2D eigenvalue weighted by Crippen LogP contribution is -2.57. The summed E-state index contributed by atoms with van der Waals surface area (Å²) in [5, 5.41) is 17.3. The third-order valence-electron chi connectivity index (χ3n) is 5.05. The molecule has 0 radical (unpaired) electrons. The first-order valence-electron chi connectivity index (χ1n) is 11.0. The van der Waals surface area contributed by atoms with Crippen LogP contribution in [0, 0.1) is 5.92 Å². The number of amides is 3. The maximum atomic E-state index is 13.1. The molecular weight excluding hydrogens is 440 g/mol. The van der Waals surface area contributed by atoms with Crippen molar-refractivity contribution in [3.05, 3.63) is 54.1 Å². The number of carbonyl (C=O) groups excluding carboxylic acids is 3. The van der Waals surface area contributed by atoms with E-state index in [9.17, 15) is 24.3 Å².